The van der Waals surface area contributed by atoms with Crippen LogP contribution in [0.25, 0.3) is 0 Å². The van der Waals surface area contributed by atoms with Gasteiger partial charge in [0, 0.05) is 0 Å². The molecule has 54 valence electrons. The minimum Gasteiger partial charge on any atom is -0.198 e. The Morgan fingerprint density at radius 3 is 2.91 bits per heavy atom. The number of nitriles is 2. The average Bonchev–Trinajstić information content (AvgIpc) is 2.48. The summed E-state index contributed by atoms with van der Waals surface area (Å²) < 4.78 is 0. The first-order chi connectivity index (χ1) is 5.36. The predicted molar refractivity (Wildman–Crippen MR) is 35.0 cm³/mol. The average molecular weight is 147 g/mol. The van der Waals surface area contributed by atoms with Gasteiger partial charge in [0.2, 0.25) is 0 Å². The van der Waals surface area contributed by atoms with E-state index in [1.165, 1.54) is 11.0 Å². The fourth-order valence-electron chi connectivity index (χ4n) is 0.606. The van der Waals surface area contributed by atoms with Gasteiger partial charge in [-0.05, 0) is 0 Å². The number of nitrogens with zero attached hydrogens (tertiary/aromatic N) is 5. The smallest absolute Gasteiger partial charge is 0.182 e. The van der Waals surface area contributed by atoms with Crippen LogP contribution in [-0.2, 0) is 6.54 Å². The van der Waals surface area contributed by atoms with Crippen molar-refractivity contribution in [3.05, 3.63) is 11.9 Å². The molecule has 0 saturated heterocycles. The third-order valence-electron chi connectivity index (χ3n) is 1.07. The highest BCUT2D eigenvalue weighted by Gasteiger charge is 1.96. The number of aromatic nitrogens is 3. The molecule has 0 N–H and O–H groups in total. The molecule has 0 bridgehead atoms. The molecule has 0 aliphatic carbocycles. The number of hydrogen-bond donors (Lipinski definition) is 0. The maximum Gasteiger partial charge on any atom is 0.182 e. The van der Waals surface area contributed by atoms with Gasteiger partial charge in [0.15, 0.2) is 5.69 Å². The van der Waals surface area contributed by atoms with Crippen LogP contribution in [0.1, 0.15) is 12.1 Å². The molecule has 1 aromatic heterocycles. The van der Waals surface area contributed by atoms with E-state index in [9.17, 15) is 0 Å². The van der Waals surface area contributed by atoms with E-state index >= 15 is 0 Å². The zero-order valence-electron chi connectivity index (χ0n) is 5.73. The van der Waals surface area contributed by atoms with E-state index in [0.717, 1.165) is 0 Å². The van der Waals surface area contributed by atoms with Crippen LogP contribution in [-0.4, -0.2) is 15.0 Å². The summed E-state index contributed by atoms with van der Waals surface area (Å²) in [6.07, 6.45) is 1.73. The lowest BCUT2D eigenvalue weighted by Gasteiger charge is -1.89. The van der Waals surface area contributed by atoms with Crippen molar-refractivity contribution >= 4 is 0 Å². The van der Waals surface area contributed by atoms with Crippen LogP contribution in [0, 0.1) is 22.7 Å². The molecule has 0 spiro atoms. The van der Waals surface area contributed by atoms with Gasteiger partial charge >= 0.3 is 0 Å². The van der Waals surface area contributed by atoms with Crippen LogP contribution in [0.2, 0.25) is 0 Å². The minimum absolute atomic E-state index is 0.280. The lowest BCUT2D eigenvalue weighted by Crippen LogP contribution is -2.01. The molecule has 0 amide bonds. The summed E-state index contributed by atoms with van der Waals surface area (Å²) in [7, 11) is 0. The highest BCUT2D eigenvalue weighted by atomic mass is 15.5. The Hall–Kier alpha value is -1.88. The zero-order chi connectivity index (χ0) is 8.10. The molecule has 0 saturated carbocycles. The Bertz CT molecular complexity index is 312. The van der Waals surface area contributed by atoms with Crippen LogP contribution < -0.4 is 0 Å². The number of rotatable bonds is 2. The molecule has 1 aromatic rings. The second kappa shape index (κ2) is 3.33. The van der Waals surface area contributed by atoms with Gasteiger partial charge in [-0.15, -0.1) is 5.10 Å². The largest absolute Gasteiger partial charge is 0.198 e. The van der Waals surface area contributed by atoms with Crippen molar-refractivity contribution in [3.63, 3.8) is 0 Å². The Balaban J connectivity index is 2.62. The Morgan fingerprint density at radius 1 is 1.55 bits per heavy atom. The molecule has 0 aromatic carbocycles. The summed E-state index contributed by atoms with van der Waals surface area (Å²) in [6, 6.07) is 3.81. The summed E-state index contributed by atoms with van der Waals surface area (Å²) in [5.74, 6) is 0. The van der Waals surface area contributed by atoms with Gasteiger partial charge in [0.25, 0.3) is 0 Å². The summed E-state index contributed by atoms with van der Waals surface area (Å²) in [5, 5.41) is 24.1. The predicted octanol–water partition coefficient (Wildman–Crippen LogP) is 0.0635. The van der Waals surface area contributed by atoms with E-state index in [-0.39, 0.29) is 5.69 Å². The fraction of sp³-hybridized carbons (Fsp3) is 0.333. The molecule has 5 heteroatoms. The summed E-state index contributed by atoms with van der Waals surface area (Å²) in [6.45, 7) is 0.443. The van der Waals surface area contributed by atoms with E-state index in [4.69, 9.17) is 10.5 Å². The summed E-state index contributed by atoms with van der Waals surface area (Å²) in [4.78, 5) is 1.34. The maximum absolute atomic E-state index is 8.35. The van der Waals surface area contributed by atoms with Crippen LogP contribution >= 0.6 is 0 Å². The van der Waals surface area contributed by atoms with Crippen molar-refractivity contribution in [1.82, 2.24) is 15.0 Å². The van der Waals surface area contributed by atoms with Crippen molar-refractivity contribution in [1.29, 1.82) is 10.5 Å². The molecule has 0 radical (unpaired) electrons. The van der Waals surface area contributed by atoms with Gasteiger partial charge < -0.3 is 0 Å². The van der Waals surface area contributed by atoms with Crippen molar-refractivity contribution in [2.45, 2.75) is 13.0 Å². The molecule has 5 nitrogen and oxygen atoms in total. The molecule has 0 aliphatic heterocycles. The van der Waals surface area contributed by atoms with Crippen LogP contribution in [0.5, 0.6) is 0 Å². The second-order valence-electron chi connectivity index (χ2n) is 1.85. The lowest BCUT2D eigenvalue weighted by atomic mass is 10.5. The maximum atomic E-state index is 8.35. The van der Waals surface area contributed by atoms with Gasteiger partial charge in [-0.25, -0.2) is 0 Å². The first-order valence-electron chi connectivity index (χ1n) is 3.04. The van der Waals surface area contributed by atoms with Crippen molar-refractivity contribution in [2.75, 3.05) is 0 Å². The Morgan fingerprint density at radius 2 is 2.36 bits per heavy atom. The zero-order valence-corrected chi connectivity index (χ0v) is 5.73. The normalized spacial score (nSPS) is 8.55. The van der Waals surface area contributed by atoms with Crippen LogP contribution in [0.4, 0.5) is 0 Å². The molecular weight excluding hydrogens is 142 g/mol. The third-order valence-corrected chi connectivity index (χ3v) is 1.07. The summed E-state index contributed by atoms with van der Waals surface area (Å²) in [5.41, 5.74) is 0.280. The molecule has 1 heterocycles. The van der Waals surface area contributed by atoms with Crippen molar-refractivity contribution in [2.24, 2.45) is 0 Å². The van der Waals surface area contributed by atoms with Crippen molar-refractivity contribution in [3.8, 4) is 12.1 Å². The highest BCUT2D eigenvalue weighted by molar-refractivity contribution is 5.12. The molecule has 0 unspecified atom stereocenters. The van der Waals surface area contributed by atoms with E-state index < -0.39 is 0 Å². The van der Waals surface area contributed by atoms with Gasteiger partial charge in [-0.2, -0.15) is 20.4 Å². The SMILES string of the molecule is N#CCCn1ncc(C#N)n1. The number of aryl methyl sites for hydroxylation is 1. The Labute approximate surface area is 63.5 Å². The third kappa shape index (κ3) is 1.77. The molecule has 0 fully saturated rings. The van der Waals surface area contributed by atoms with Gasteiger partial charge in [0.1, 0.15) is 6.07 Å². The number of hydrogen-bond acceptors (Lipinski definition) is 4. The van der Waals surface area contributed by atoms with E-state index in [0.29, 0.717) is 13.0 Å². The molecule has 0 aliphatic rings. The molecule has 1 rings (SSSR count). The highest BCUT2D eigenvalue weighted by Crippen LogP contribution is 1.89. The first kappa shape index (κ1) is 7.23. The van der Waals surface area contributed by atoms with Crippen molar-refractivity contribution < 1.29 is 0 Å². The molecule has 11 heavy (non-hydrogen) atoms. The first-order valence-corrected chi connectivity index (χ1v) is 3.04. The Kier molecular flexibility index (Phi) is 2.19. The lowest BCUT2D eigenvalue weighted by molar-refractivity contribution is 0.545. The monoisotopic (exact) mass is 147 g/mol. The topological polar surface area (TPSA) is 78.3 Å². The van der Waals surface area contributed by atoms with Gasteiger partial charge in [-0.1, -0.05) is 0 Å². The standard InChI is InChI=1S/C6H5N5/c7-2-1-3-11-9-5-6(4-8)10-11/h5H,1,3H2. The fourth-order valence-corrected chi connectivity index (χ4v) is 0.606. The molecule has 0 atom stereocenters. The van der Waals surface area contributed by atoms with E-state index in [1.54, 1.807) is 0 Å². The van der Waals surface area contributed by atoms with E-state index in [2.05, 4.69) is 10.2 Å². The second-order valence-corrected chi connectivity index (χ2v) is 1.85. The van der Waals surface area contributed by atoms with Crippen LogP contribution in [0.3, 0.4) is 0 Å². The summed E-state index contributed by atoms with van der Waals surface area (Å²) >= 11 is 0. The molecular formula is C6H5N5. The van der Waals surface area contributed by atoms with Gasteiger partial charge in [-0.3, -0.25) is 0 Å². The van der Waals surface area contributed by atoms with E-state index in [1.807, 2.05) is 12.1 Å². The quantitative estimate of drug-likeness (QED) is 0.592. The minimum atomic E-state index is 0.280. The van der Waals surface area contributed by atoms with Crippen LogP contribution in [0.15, 0.2) is 6.20 Å². The van der Waals surface area contributed by atoms with Gasteiger partial charge in [0.05, 0.1) is 25.2 Å².